The molecule has 1 saturated heterocycles. The van der Waals surface area contributed by atoms with Gasteiger partial charge >= 0.3 is 6.09 Å². The molecule has 0 saturated carbocycles. The molecule has 0 bridgehead atoms. The number of benzene rings is 4. The minimum atomic E-state index is -0.966. The number of allylic oxidation sites excluding steroid dienone is 1. The van der Waals surface area contributed by atoms with E-state index in [-0.39, 0.29) is 58.3 Å². The molecular weight excluding hydrogens is 867 g/mol. The fourth-order valence-electron chi connectivity index (χ4n) is 7.97. The zero-order valence-corrected chi connectivity index (χ0v) is 40.1. The zero-order valence-electron chi connectivity index (χ0n) is 39.3. The van der Waals surface area contributed by atoms with Gasteiger partial charge in [-0.2, -0.15) is 0 Å². The van der Waals surface area contributed by atoms with E-state index < -0.39 is 41.5 Å². The van der Waals surface area contributed by atoms with Gasteiger partial charge in [0, 0.05) is 33.0 Å². The molecule has 0 aliphatic carbocycles. The molecule has 2 heterocycles. The minimum Gasteiger partial charge on any atom is -0.492 e. The minimum absolute atomic E-state index is 0.0190. The Morgan fingerprint density at radius 2 is 1.52 bits per heavy atom. The Labute approximate surface area is 398 Å². The Kier molecular flexibility index (Phi) is 17.9. The molecule has 1 aromatic heterocycles. The first-order valence-corrected chi connectivity index (χ1v) is 23.7. The van der Waals surface area contributed by atoms with Crippen LogP contribution in [0.5, 0.6) is 5.75 Å². The van der Waals surface area contributed by atoms with Crippen molar-refractivity contribution >= 4 is 46.3 Å². The molecule has 1 aliphatic heterocycles. The molecule has 6 rings (SSSR count). The number of likely N-dealkylation sites (N-methyl/N-ethyl adjacent to an activating group) is 1. The monoisotopic (exact) mass is 929 g/mol. The van der Waals surface area contributed by atoms with E-state index in [4.69, 9.17) is 14.2 Å². The molecule has 0 spiro atoms. The van der Waals surface area contributed by atoms with Crippen molar-refractivity contribution < 1.29 is 38.5 Å². The van der Waals surface area contributed by atoms with Crippen LogP contribution in [-0.4, -0.2) is 108 Å². The third-order valence-corrected chi connectivity index (χ3v) is 12.6. The summed E-state index contributed by atoms with van der Waals surface area (Å²) in [5, 5.41) is 16.3. The molecule has 3 N–H and O–H groups in total. The molecule has 5 aromatic rings. The fraction of sp³-hybridized carbons (Fsp3) is 0.377. The van der Waals surface area contributed by atoms with Gasteiger partial charge in [0.2, 0.25) is 17.7 Å². The van der Waals surface area contributed by atoms with Crippen LogP contribution in [0.1, 0.15) is 74.9 Å². The molecule has 4 aromatic carbocycles. The summed E-state index contributed by atoms with van der Waals surface area (Å²) in [6.45, 7) is 10.5. The number of hydrogen-bond acceptors (Lipinski definition) is 10. The molecule has 354 valence electrons. The van der Waals surface area contributed by atoms with E-state index in [9.17, 15) is 24.3 Å². The quantitative estimate of drug-likeness (QED) is 0.0517. The summed E-state index contributed by atoms with van der Waals surface area (Å²) >= 11 is 1.57. The van der Waals surface area contributed by atoms with Crippen LogP contribution in [0.4, 0.5) is 4.79 Å². The number of aliphatic hydroxyl groups is 1. The lowest BCUT2D eigenvalue weighted by molar-refractivity contribution is -0.144. The first-order chi connectivity index (χ1) is 32.2. The van der Waals surface area contributed by atoms with E-state index in [1.54, 1.807) is 18.4 Å². The summed E-state index contributed by atoms with van der Waals surface area (Å²) in [6, 6.07) is 34.8. The molecule has 0 unspecified atom stereocenters. The summed E-state index contributed by atoms with van der Waals surface area (Å²) < 4.78 is 16.9. The predicted molar refractivity (Wildman–Crippen MR) is 262 cm³/mol. The van der Waals surface area contributed by atoms with Gasteiger partial charge in [0.05, 0.1) is 41.9 Å². The number of aliphatic hydroxyl groups excluding tert-OH is 1. The number of nitrogens with one attached hydrogen (secondary N) is 2. The highest BCUT2D eigenvalue weighted by Gasteiger charge is 2.44. The topological polar surface area (TPSA) is 160 Å². The first kappa shape index (κ1) is 50.1. The smallest absolute Gasteiger partial charge is 0.409 e. The Morgan fingerprint density at radius 1 is 0.866 bits per heavy atom. The molecule has 3 atom stereocenters. The number of carbonyl (C=O) groups excluding carboxylic acids is 4. The largest absolute Gasteiger partial charge is 0.492 e. The summed E-state index contributed by atoms with van der Waals surface area (Å²) in [5.41, 5.74) is 9.83. The average molecular weight is 930 g/mol. The van der Waals surface area contributed by atoms with E-state index in [1.807, 2.05) is 93.9 Å². The van der Waals surface area contributed by atoms with Gasteiger partial charge in [-0.15, -0.1) is 11.3 Å². The van der Waals surface area contributed by atoms with Gasteiger partial charge < -0.3 is 39.8 Å². The maximum atomic E-state index is 14.0. The van der Waals surface area contributed by atoms with Gasteiger partial charge in [-0.05, 0) is 69.9 Å². The highest BCUT2D eigenvalue weighted by Crippen LogP contribution is 2.35. The maximum Gasteiger partial charge on any atom is 0.409 e. The van der Waals surface area contributed by atoms with Crippen molar-refractivity contribution in [3.8, 4) is 16.2 Å². The summed E-state index contributed by atoms with van der Waals surface area (Å²) in [5.74, 6) is -0.553. The normalized spacial score (nSPS) is 15.6. The third-order valence-electron chi connectivity index (χ3n) is 11.6. The van der Waals surface area contributed by atoms with Crippen molar-refractivity contribution in [1.29, 1.82) is 0 Å². The van der Waals surface area contributed by atoms with Crippen LogP contribution in [0.25, 0.3) is 21.6 Å². The van der Waals surface area contributed by atoms with Crippen LogP contribution < -0.4 is 15.4 Å². The second-order valence-electron chi connectivity index (χ2n) is 17.7. The first-order valence-electron chi connectivity index (χ1n) is 22.8. The second-order valence-corrected chi connectivity index (χ2v) is 18.5. The highest BCUT2D eigenvalue weighted by atomic mass is 32.1. The molecule has 4 amide bonds. The maximum absolute atomic E-state index is 14.0. The number of rotatable bonds is 20. The van der Waals surface area contributed by atoms with Gasteiger partial charge in [0.15, 0.2) is 0 Å². The number of aryl methyl sites for hydroxylation is 1. The summed E-state index contributed by atoms with van der Waals surface area (Å²) in [7, 11) is 1.63. The van der Waals surface area contributed by atoms with Crippen molar-refractivity contribution in [2.24, 2.45) is 5.41 Å². The lowest BCUT2D eigenvalue weighted by atomic mass is 9.85. The van der Waals surface area contributed by atoms with Crippen molar-refractivity contribution in [3.63, 3.8) is 0 Å². The predicted octanol–water partition coefficient (Wildman–Crippen LogP) is 8.15. The van der Waals surface area contributed by atoms with Crippen LogP contribution in [0.15, 0.2) is 115 Å². The van der Waals surface area contributed by atoms with Gasteiger partial charge in [-0.1, -0.05) is 125 Å². The van der Waals surface area contributed by atoms with Crippen LogP contribution in [0.3, 0.4) is 0 Å². The SMILES string of the molecule is CC/C(=C(\c1ccccc1)c1ccc(OCCN(C)C(=O)OCCOCCC(=O)N[C@H](C(=O)N2C[C@H](O)C[C@H]2C(=O)NCc2ccc(-c3scnc3C)cc2)C(C)(C)C)cc1)c1ccccc1. The average Bonchev–Trinajstić information content (AvgIpc) is 3.95. The van der Waals surface area contributed by atoms with Gasteiger partial charge in [-0.25, -0.2) is 9.78 Å². The molecule has 14 heteroatoms. The number of thiazole rings is 1. The van der Waals surface area contributed by atoms with Crippen LogP contribution in [0.2, 0.25) is 0 Å². The van der Waals surface area contributed by atoms with Crippen LogP contribution >= 0.6 is 11.3 Å². The van der Waals surface area contributed by atoms with Crippen LogP contribution in [0, 0.1) is 12.3 Å². The van der Waals surface area contributed by atoms with E-state index in [2.05, 4.69) is 71.1 Å². The number of aromatic nitrogens is 1. The van der Waals surface area contributed by atoms with Crippen LogP contribution in [-0.2, 0) is 30.4 Å². The van der Waals surface area contributed by atoms with E-state index in [0.717, 1.165) is 39.2 Å². The number of ether oxygens (including phenoxy) is 3. The number of likely N-dealkylation sites (tertiary alicyclic amines) is 1. The van der Waals surface area contributed by atoms with Gasteiger partial charge in [0.25, 0.3) is 0 Å². The van der Waals surface area contributed by atoms with E-state index >= 15 is 0 Å². The van der Waals surface area contributed by atoms with E-state index in [1.165, 1.54) is 26.5 Å². The Bertz CT molecular complexity index is 2430. The lowest BCUT2D eigenvalue weighted by Crippen LogP contribution is -2.57. The zero-order chi connectivity index (χ0) is 47.9. The molecular formula is C53H63N5O8S. The summed E-state index contributed by atoms with van der Waals surface area (Å²) in [4.78, 5) is 61.4. The number of amides is 4. The molecule has 67 heavy (non-hydrogen) atoms. The molecule has 1 fully saturated rings. The Hall–Kier alpha value is -6.35. The molecule has 0 radical (unpaired) electrons. The number of carbonyl (C=O) groups is 4. The van der Waals surface area contributed by atoms with Crippen molar-refractivity contribution in [3.05, 3.63) is 143 Å². The molecule has 13 nitrogen and oxygen atoms in total. The van der Waals surface area contributed by atoms with Crippen molar-refractivity contribution in [1.82, 2.24) is 25.4 Å². The Morgan fingerprint density at radius 3 is 2.15 bits per heavy atom. The van der Waals surface area contributed by atoms with Crippen molar-refractivity contribution in [2.45, 2.75) is 78.6 Å². The Balaban J connectivity index is 0.900. The van der Waals surface area contributed by atoms with Gasteiger partial charge in [-0.3, -0.25) is 14.4 Å². The highest BCUT2D eigenvalue weighted by molar-refractivity contribution is 7.13. The fourth-order valence-corrected chi connectivity index (χ4v) is 8.78. The third kappa shape index (κ3) is 13.8. The number of hydrogen-bond donors (Lipinski definition) is 3. The van der Waals surface area contributed by atoms with Crippen molar-refractivity contribution in [2.75, 3.05) is 46.6 Å². The number of β-amino-alcohol motifs (C(OH)–C–C–N with tert-alkyl or cyclic N) is 1. The lowest BCUT2D eigenvalue weighted by Gasteiger charge is -2.35. The van der Waals surface area contributed by atoms with Gasteiger partial charge in [0.1, 0.15) is 31.0 Å². The summed E-state index contributed by atoms with van der Waals surface area (Å²) in [6.07, 6.45) is -0.503. The number of nitrogens with zero attached hydrogens (tertiary/aromatic N) is 3. The molecule has 1 aliphatic rings. The standard InChI is InChI=1S/C53H63N5O8S/c1-7-44(38-14-10-8-11-15-38)47(39-16-12-9-13-17-39)40-22-24-43(25-23-40)65-29-27-57(6)52(63)66-31-30-64-28-26-46(60)56-49(53(3,4)5)51(62)58-34-42(59)32-45(58)50(61)54-33-37-18-20-41(21-19-37)48-36(2)55-35-67-48/h8-25,35,42,45,49,59H,7,26-34H2,1-6H3,(H,54,61)(H,56,60)/b47-44-/t42-,45+,49-/m1/s1. The van der Waals surface area contributed by atoms with E-state index in [0.29, 0.717) is 12.3 Å². The second kappa shape index (κ2) is 23.9.